The van der Waals surface area contributed by atoms with E-state index in [1.807, 2.05) is 0 Å². The van der Waals surface area contributed by atoms with Gasteiger partial charge in [-0.15, -0.1) is 0 Å². The zero-order valence-corrected chi connectivity index (χ0v) is 15.7. The van der Waals surface area contributed by atoms with Crippen LogP contribution in [0.2, 0.25) is 0 Å². The Bertz CT molecular complexity index is 473. The Kier molecular flexibility index (Phi) is 5.86. The summed E-state index contributed by atoms with van der Waals surface area (Å²) in [6, 6.07) is 0. The zero-order chi connectivity index (χ0) is 15.4. The first-order chi connectivity index (χ1) is 10.0. The van der Waals surface area contributed by atoms with Gasteiger partial charge < -0.3 is 0 Å². The molecule has 3 heteroatoms. The number of allylic oxidation sites excluding steroid dienone is 8. The van der Waals surface area contributed by atoms with Gasteiger partial charge in [0.05, 0.1) is 0 Å². The molecule has 2 rings (SSSR count). The van der Waals surface area contributed by atoms with E-state index in [1.165, 1.54) is 7.58 Å². The summed E-state index contributed by atoms with van der Waals surface area (Å²) in [4.78, 5) is 12.8. The van der Waals surface area contributed by atoms with Gasteiger partial charge in [0, 0.05) is 0 Å². The number of rotatable bonds is 6. The molecule has 1 N–H and O–H groups in total. The van der Waals surface area contributed by atoms with Gasteiger partial charge in [0.25, 0.3) is 0 Å². The van der Waals surface area contributed by atoms with Crippen LogP contribution in [-0.2, 0) is 23.5 Å². The summed E-state index contributed by atoms with van der Waals surface area (Å²) in [5, 5.41) is 0. The van der Waals surface area contributed by atoms with Crippen molar-refractivity contribution in [1.82, 2.24) is 3.72 Å². The molecule has 0 aliphatic heterocycles. The van der Waals surface area contributed by atoms with Gasteiger partial charge in [-0.1, -0.05) is 0 Å². The Balaban J connectivity index is 2.13. The van der Waals surface area contributed by atoms with E-state index in [0.29, 0.717) is 11.8 Å². The molecule has 1 amide bonds. The molecule has 2 nitrogen and oxygen atoms in total. The molecule has 0 radical (unpaired) electrons. The fourth-order valence-corrected chi connectivity index (χ4v) is 8.18. The first kappa shape index (κ1) is 16.5. The van der Waals surface area contributed by atoms with Crippen LogP contribution >= 0.6 is 0 Å². The van der Waals surface area contributed by atoms with Crippen LogP contribution in [0.4, 0.5) is 0 Å². The molecule has 0 aromatic rings. The van der Waals surface area contributed by atoms with Gasteiger partial charge in [-0.05, 0) is 0 Å². The quantitative estimate of drug-likeness (QED) is 0.701. The molecule has 0 saturated carbocycles. The first-order valence-corrected chi connectivity index (χ1v) is 11.1. The molecule has 0 spiro atoms. The van der Waals surface area contributed by atoms with E-state index in [0.717, 1.165) is 12.8 Å². The third-order valence-corrected chi connectivity index (χ3v) is 9.58. The summed E-state index contributed by atoms with van der Waals surface area (Å²) < 4.78 is 6.45. The maximum absolute atomic E-state index is 12.8. The second-order valence-electron chi connectivity index (χ2n) is 6.41. The molecule has 2 aliphatic carbocycles. The Morgan fingerprint density at radius 3 is 1.81 bits per heavy atom. The van der Waals surface area contributed by atoms with Crippen LogP contribution in [0, 0.1) is 17.8 Å². The van der Waals surface area contributed by atoms with Crippen LogP contribution in [0.25, 0.3) is 0 Å². The Morgan fingerprint density at radius 1 is 1.00 bits per heavy atom. The predicted octanol–water partition coefficient (Wildman–Crippen LogP) is 4.25. The van der Waals surface area contributed by atoms with Crippen LogP contribution in [0.3, 0.4) is 0 Å². The molecule has 0 heterocycles. The SMILES string of the molecule is CC(C)C(C(=O)[NH][Nb]([C]1=CC=CC1)[C]1=CC=CC1)C(C)C. The molecule has 2 aliphatic rings. The average molecular weight is 365 g/mol. The summed E-state index contributed by atoms with van der Waals surface area (Å²) >= 11 is -2.05. The standard InChI is InChI=1S/C8H17NO.2C5H5.Nb/c1-5(2)7(6(3)4)8(9)10;2*1-2-4-5-3-1;/h5-7H,1-4H3,(H2,9,10);2*1-3H,4H2;/q;;;+1/p-1. The van der Waals surface area contributed by atoms with Crippen molar-refractivity contribution in [1.29, 1.82) is 0 Å². The van der Waals surface area contributed by atoms with E-state index in [2.05, 4.69) is 67.9 Å². The molecule has 0 atom stereocenters. The fourth-order valence-electron chi connectivity index (χ4n) is 3.09. The van der Waals surface area contributed by atoms with Crippen molar-refractivity contribution in [2.24, 2.45) is 17.8 Å². The van der Waals surface area contributed by atoms with Gasteiger partial charge in [-0.3, -0.25) is 0 Å². The van der Waals surface area contributed by atoms with E-state index in [-0.39, 0.29) is 11.8 Å². The number of amides is 1. The molecule has 114 valence electrons. The summed E-state index contributed by atoms with van der Waals surface area (Å²) in [6.45, 7) is 8.61. The monoisotopic (exact) mass is 365 g/mol. The first-order valence-electron chi connectivity index (χ1n) is 7.82. The second-order valence-corrected chi connectivity index (χ2v) is 11.4. The summed E-state index contributed by atoms with van der Waals surface area (Å²) in [5.74, 6) is 1.16. The van der Waals surface area contributed by atoms with Gasteiger partial charge in [0.15, 0.2) is 0 Å². The predicted molar refractivity (Wildman–Crippen MR) is 85.0 cm³/mol. The normalized spacial score (nSPS) is 17.3. The van der Waals surface area contributed by atoms with Crippen molar-refractivity contribution in [3.63, 3.8) is 0 Å². The fraction of sp³-hybridized carbons (Fsp3) is 0.500. The van der Waals surface area contributed by atoms with Crippen molar-refractivity contribution in [2.45, 2.75) is 40.5 Å². The number of carbonyl (C=O) groups is 1. The van der Waals surface area contributed by atoms with Crippen LogP contribution in [-0.4, -0.2) is 5.91 Å². The minimum atomic E-state index is -2.05. The third-order valence-electron chi connectivity index (χ3n) is 4.04. The topological polar surface area (TPSA) is 29.1 Å². The molecule has 21 heavy (non-hydrogen) atoms. The Hall–Kier alpha value is -0.830. The molecule has 0 fully saturated rings. The molecule has 0 aromatic carbocycles. The summed E-state index contributed by atoms with van der Waals surface area (Å²) in [7, 11) is 0. The van der Waals surface area contributed by atoms with Crippen molar-refractivity contribution in [3.05, 3.63) is 44.0 Å². The van der Waals surface area contributed by atoms with Crippen molar-refractivity contribution in [3.8, 4) is 0 Å². The Labute approximate surface area is 135 Å². The zero-order valence-electron chi connectivity index (χ0n) is 13.5. The number of nitrogens with one attached hydrogen (secondary N) is 1. The summed E-state index contributed by atoms with van der Waals surface area (Å²) in [5.41, 5.74) is 0. The maximum atomic E-state index is 12.8. The second kappa shape index (κ2) is 7.44. The summed E-state index contributed by atoms with van der Waals surface area (Å²) in [6.07, 6.45) is 15.1. The van der Waals surface area contributed by atoms with Crippen LogP contribution in [0.15, 0.2) is 44.0 Å². The third kappa shape index (κ3) is 4.09. The molecular formula is C18H26NNbO. The van der Waals surface area contributed by atoms with Gasteiger partial charge in [-0.25, -0.2) is 0 Å². The van der Waals surface area contributed by atoms with Crippen molar-refractivity contribution >= 4 is 5.91 Å². The minimum absolute atomic E-state index is 0.113. The molecule has 0 bridgehead atoms. The van der Waals surface area contributed by atoms with E-state index in [9.17, 15) is 4.79 Å². The van der Waals surface area contributed by atoms with E-state index in [4.69, 9.17) is 0 Å². The number of hydrogen-bond acceptors (Lipinski definition) is 1. The number of hydrogen-bond donors (Lipinski definition) is 1. The van der Waals surface area contributed by atoms with E-state index >= 15 is 0 Å². The van der Waals surface area contributed by atoms with Crippen molar-refractivity contribution < 1.29 is 23.5 Å². The van der Waals surface area contributed by atoms with Gasteiger partial charge >= 0.3 is 135 Å². The number of carbonyl (C=O) groups excluding carboxylic acids is 1. The molecule has 0 saturated heterocycles. The van der Waals surface area contributed by atoms with E-state index in [1.54, 1.807) is 0 Å². The van der Waals surface area contributed by atoms with Gasteiger partial charge in [-0.2, -0.15) is 0 Å². The van der Waals surface area contributed by atoms with Gasteiger partial charge in [0.2, 0.25) is 0 Å². The van der Waals surface area contributed by atoms with Crippen LogP contribution < -0.4 is 3.72 Å². The van der Waals surface area contributed by atoms with E-state index < -0.39 is 18.7 Å². The Morgan fingerprint density at radius 2 is 1.48 bits per heavy atom. The molecule has 0 unspecified atom stereocenters. The molecule has 0 aromatic heterocycles. The molecular weight excluding hydrogens is 339 g/mol. The van der Waals surface area contributed by atoms with Crippen LogP contribution in [0.5, 0.6) is 0 Å². The van der Waals surface area contributed by atoms with Gasteiger partial charge in [0.1, 0.15) is 0 Å². The van der Waals surface area contributed by atoms with Crippen molar-refractivity contribution in [2.75, 3.05) is 0 Å². The average Bonchev–Trinajstić information content (AvgIpc) is 3.08. The van der Waals surface area contributed by atoms with Crippen LogP contribution in [0.1, 0.15) is 40.5 Å².